The molecule has 0 radical (unpaired) electrons. The second-order valence-electron chi connectivity index (χ2n) is 16.7. The fraction of sp³-hybridized carbons (Fsp3) is 0.0926. The highest BCUT2D eigenvalue weighted by Gasteiger charge is 2.41. The normalized spacial score (nSPS) is 12.9. The molecule has 0 saturated carbocycles. The number of hydrogen-bond acceptors (Lipinski definition) is 0. The lowest BCUT2D eigenvalue weighted by Gasteiger charge is -2.22. The Morgan fingerprint density at radius 3 is 1.22 bits per heavy atom. The van der Waals surface area contributed by atoms with E-state index in [1.54, 1.807) is 48.5 Å². The topological polar surface area (TPSA) is 14.2 Å². The lowest BCUT2D eigenvalue weighted by atomic mass is 9.95. The molecule has 2 aromatic heterocycles. The van der Waals surface area contributed by atoms with Crippen molar-refractivity contribution in [1.29, 1.82) is 0 Å². The number of benzene rings is 8. The molecule has 0 saturated heterocycles. The first-order valence-electron chi connectivity index (χ1n) is 21.2. The van der Waals surface area contributed by atoms with Gasteiger partial charge in [0.05, 0.1) is 67.8 Å². The van der Waals surface area contributed by atoms with Gasteiger partial charge >= 0.3 is 30.9 Å². The third-order valence-electron chi connectivity index (χ3n) is 12.5. The van der Waals surface area contributed by atoms with Crippen LogP contribution in [0.1, 0.15) is 27.8 Å². The zero-order valence-electron chi connectivity index (χ0n) is 36.0. The second-order valence-corrected chi connectivity index (χ2v) is 16.7. The molecule has 0 unspecified atom stereocenters. The number of fused-ring (bicyclic) bond motifs is 6. The molecule has 0 spiro atoms. The van der Waals surface area contributed by atoms with Crippen molar-refractivity contribution in [2.75, 3.05) is 0 Å². The van der Waals surface area contributed by atoms with E-state index in [1.807, 2.05) is 0 Å². The van der Waals surface area contributed by atoms with Crippen LogP contribution in [0.4, 0.5) is 71.5 Å². The lowest BCUT2D eigenvalue weighted by molar-refractivity contribution is -0.144. The van der Waals surface area contributed by atoms with Gasteiger partial charge in [-0.3, -0.25) is 0 Å². The van der Waals surface area contributed by atoms with Gasteiger partial charge in [0, 0.05) is 21.5 Å². The summed E-state index contributed by atoms with van der Waals surface area (Å²) in [5.41, 5.74) is -9.84. The van der Waals surface area contributed by atoms with Crippen LogP contribution in [0.3, 0.4) is 0 Å². The Hall–Kier alpha value is -8.20. The van der Waals surface area contributed by atoms with Crippen LogP contribution in [-0.2, 0) is 30.9 Å². The number of nitrogens with zero attached hydrogens (tertiary/aromatic N) is 3. The highest BCUT2D eigenvalue weighted by molar-refractivity contribution is 6.13. The molecule has 10 rings (SSSR count). The molecular formula is C54H26F15N3. The zero-order valence-corrected chi connectivity index (χ0v) is 36.0. The fourth-order valence-corrected chi connectivity index (χ4v) is 9.46. The molecule has 0 atom stereocenters. The van der Waals surface area contributed by atoms with Crippen LogP contribution in [0.5, 0.6) is 0 Å². The van der Waals surface area contributed by atoms with Crippen LogP contribution < -0.4 is 0 Å². The van der Waals surface area contributed by atoms with E-state index in [9.17, 15) is 52.7 Å². The SMILES string of the molecule is [C-]#[N+]c1c(-n2c3ccccc3c3ccc(-c4ccc(C(F)(F)F)cc4C(F)(F)F)cc32)ccc(-c2ccccc2C(F)(F)F)c1-n1c2ccccc2c2ccc(-c3ccc(C(F)(F)F)cc3C(F)(F)F)cc21. The van der Waals surface area contributed by atoms with Gasteiger partial charge in [-0.25, -0.2) is 4.85 Å². The van der Waals surface area contributed by atoms with Crippen molar-refractivity contribution < 1.29 is 65.9 Å². The minimum atomic E-state index is -5.30. The first-order valence-corrected chi connectivity index (χ1v) is 21.2. The number of halogens is 15. The molecule has 18 heteroatoms. The van der Waals surface area contributed by atoms with Crippen molar-refractivity contribution in [2.45, 2.75) is 30.9 Å². The summed E-state index contributed by atoms with van der Waals surface area (Å²) in [6.45, 7) is 8.83. The molecule has 0 fully saturated rings. The van der Waals surface area contributed by atoms with Gasteiger partial charge < -0.3 is 9.13 Å². The van der Waals surface area contributed by atoms with Crippen molar-refractivity contribution >= 4 is 49.3 Å². The molecular weight excluding hydrogens is 976 g/mol. The number of hydrogen-bond donors (Lipinski definition) is 0. The molecule has 72 heavy (non-hydrogen) atoms. The average Bonchev–Trinajstić information content (AvgIpc) is 3.83. The van der Waals surface area contributed by atoms with E-state index < -0.39 is 75.4 Å². The standard InChI is InChI=1S/C54H26F15N3/c1-70-48-45(71-43-12-6-3-9-35(43)37-18-14-28(24-46(37)71)32-20-16-30(50(55,56)57)26-41(32)53(64,65)66)23-22-39(34-8-2-5-11-40(34)52(61,62)63)49(48)72-44-13-7-4-10-36(44)38-19-15-29(25-47(38)72)33-21-17-31(51(58,59)60)27-42(33)54(67,68)69/h2-27H. The van der Waals surface area contributed by atoms with E-state index in [0.29, 0.717) is 51.3 Å². The summed E-state index contributed by atoms with van der Waals surface area (Å²) in [4.78, 5) is 3.92. The largest absolute Gasteiger partial charge is 0.417 e. The zero-order chi connectivity index (χ0) is 51.4. The molecule has 0 aliphatic rings. The number of alkyl halides is 15. The summed E-state index contributed by atoms with van der Waals surface area (Å²) in [5.74, 6) is 0. The maximum absolute atomic E-state index is 15.0. The predicted octanol–water partition coefficient (Wildman–Crippen LogP) is 18.5. The maximum Gasteiger partial charge on any atom is 0.417 e. The monoisotopic (exact) mass is 1000 g/mol. The Labute approximate surface area is 396 Å². The Balaban J connectivity index is 1.33. The van der Waals surface area contributed by atoms with Crippen LogP contribution in [0.2, 0.25) is 0 Å². The Morgan fingerprint density at radius 1 is 0.333 bits per heavy atom. The Kier molecular flexibility index (Phi) is 10.8. The van der Waals surface area contributed by atoms with Crippen LogP contribution in [-0.4, -0.2) is 9.13 Å². The van der Waals surface area contributed by atoms with E-state index >= 15 is 13.2 Å². The third-order valence-corrected chi connectivity index (χ3v) is 12.5. The van der Waals surface area contributed by atoms with E-state index in [2.05, 4.69) is 4.85 Å². The maximum atomic E-state index is 15.0. The number of para-hydroxylation sites is 2. The molecule has 8 aromatic carbocycles. The van der Waals surface area contributed by atoms with Crippen LogP contribution in [0.15, 0.2) is 158 Å². The van der Waals surface area contributed by atoms with Crippen molar-refractivity contribution in [3.05, 3.63) is 197 Å². The molecule has 10 aromatic rings. The van der Waals surface area contributed by atoms with E-state index in [1.165, 1.54) is 63.7 Å². The molecule has 3 nitrogen and oxygen atoms in total. The molecule has 362 valence electrons. The van der Waals surface area contributed by atoms with Crippen molar-refractivity contribution in [2.24, 2.45) is 0 Å². The molecule has 0 N–H and O–H groups in total. The van der Waals surface area contributed by atoms with Gasteiger partial charge in [0.1, 0.15) is 0 Å². The summed E-state index contributed by atoms with van der Waals surface area (Å²) in [6, 6.07) is 30.1. The Morgan fingerprint density at radius 2 is 0.750 bits per heavy atom. The highest BCUT2D eigenvalue weighted by atomic mass is 19.4. The number of rotatable bonds is 5. The lowest BCUT2D eigenvalue weighted by Crippen LogP contribution is -2.12. The van der Waals surface area contributed by atoms with E-state index in [4.69, 9.17) is 6.57 Å². The molecule has 0 amide bonds. The first kappa shape index (κ1) is 47.5. The smallest absolute Gasteiger partial charge is 0.319 e. The van der Waals surface area contributed by atoms with Gasteiger partial charge in [-0.15, -0.1) is 0 Å². The molecule has 2 heterocycles. The minimum Gasteiger partial charge on any atom is -0.319 e. The van der Waals surface area contributed by atoms with Crippen LogP contribution in [0.25, 0.3) is 93.2 Å². The van der Waals surface area contributed by atoms with Crippen LogP contribution in [0, 0.1) is 6.57 Å². The molecule has 0 aliphatic heterocycles. The van der Waals surface area contributed by atoms with E-state index in [-0.39, 0.29) is 62.4 Å². The van der Waals surface area contributed by atoms with E-state index in [0.717, 1.165) is 18.2 Å². The van der Waals surface area contributed by atoms with Gasteiger partial charge in [0.25, 0.3) is 0 Å². The summed E-state index contributed by atoms with van der Waals surface area (Å²) >= 11 is 0. The predicted molar refractivity (Wildman–Crippen MR) is 243 cm³/mol. The van der Waals surface area contributed by atoms with Gasteiger partial charge in [-0.1, -0.05) is 97.1 Å². The van der Waals surface area contributed by atoms with Gasteiger partial charge in [0.2, 0.25) is 5.69 Å². The summed E-state index contributed by atoms with van der Waals surface area (Å²) in [5, 5.41) is 1.57. The Bertz CT molecular complexity index is 3870. The molecule has 0 aliphatic carbocycles. The van der Waals surface area contributed by atoms with Gasteiger partial charge in [0.15, 0.2) is 0 Å². The summed E-state index contributed by atoms with van der Waals surface area (Å²) in [7, 11) is 0. The minimum absolute atomic E-state index is 0.00538. The quantitative estimate of drug-likeness (QED) is 0.121. The average molecular weight is 1000 g/mol. The summed E-state index contributed by atoms with van der Waals surface area (Å²) in [6.07, 6.45) is -25.8. The van der Waals surface area contributed by atoms with Crippen molar-refractivity contribution in [3.8, 4) is 44.8 Å². The van der Waals surface area contributed by atoms with Gasteiger partial charge in [-0.2, -0.15) is 65.9 Å². The highest BCUT2D eigenvalue weighted by Crippen LogP contribution is 2.50. The second kappa shape index (κ2) is 16.4. The van der Waals surface area contributed by atoms with Crippen LogP contribution >= 0.6 is 0 Å². The summed E-state index contributed by atoms with van der Waals surface area (Å²) < 4.78 is 218. The number of aromatic nitrogens is 2. The van der Waals surface area contributed by atoms with Crippen molar-refractivity contribution in [3.63, 3.8) is 0 Å². The fourth-order valence-electron chi connectivity index (χ4n) is 9.46. The molecule has 0 bridgehead atoms. The van der Waals surface area contributed by atoms with Crippen molar-refractivity contribution in [1.82, 2.24) is 9.13 Å². The third kappa shape index (κ3) is 7.92. The van der Waals surface area contributed by atoms with Gasteiger partial charge in [-0.05, 0) is 94.0 Å². The first-order chi connectivity index (χ1) is 33.9.